The summed E-state index contributed by atoms with van der Waals surface area (Å²) in [7, 11) is 0. The number of fused-ring (bicyclic) bond motifs is 1. The molecule has 0 saturated carbocycles. The first-order valence-electron chi connectivity index (χ1n) is 9.28. The second-order valence-corrected chi connectivity index (χ2v) is 6.93. The van der Waals surface area contributed by atoms with Crippen LogP contribution in [0.15, 0.2) is 53.5 Å². The number of esters is 1. The molecule has 3 rings (SSSR count). The molecule has 1 aromatic heterocycles. The zero-order valence-corrected chi connectivity index (χ0v) is 17.1. The molecule has 0 bridgehead atoms. The minimum absolute atomic E-state index is 0.0659. The molecule has 0 saturated heterocycles. The van der Waals surface area contributed by atoms with Gasteiger partial charge in [0, 0.05) is 0 Å². The molecular weight excluding hydrogens is 392 g/mol. The van der Waals surface area contributed by atoms with Crippen LogP contribution in [-0.2, 0) is 20.9 Å². The van der Waals surface area contributed by atoms with E-state index in [0.29, 0.717) is 28.4 Å². The van der Waals surface area contributed by atoms with Crippen LogP contribution in [0.4, 0.5) is 0 Å². The first-order valence-corrected chi connectivity index (χ1v) is 10.1. The molecular formula is C21H22N2O5S. The Balaban J connectivity index is 1.96. The van der Waals surface area contributed by atoms with E-state index in [1.54, 1.807) is 23.6 Å². The molecule has 152 valence electrons. The van der Waals surface area contributed by atoms with Crippen molar-refractivity contribution in [3.05, 3.63) is 53.3 Å². The van der Waals surface area contributed by atoms with Gasteiger partial charge in [-0.15, -0.1) is 0 Å². The average Bonchev–Trinajstić information content (AvgIpc) is 3.05. The van der Waals surface area contributed by atoms with Crippen molar-refractivity contribution in [3.8, 4) is 11.5 Å². The quantitative estimate of drug-likeness (QED) is 0.529. The molecule has 29 heavy (non-hydrogen) atoms. The molecule has 0 aliphatic carbocycles. The number of aromatic nitrogens is 1. The highest BCUT2D eigenvalue weighted by Crippen LogP contribution is 2.27. The number of nitrogens with zero attached hydrogens (tertiary/aromatic N) is 2. The van der Waals surface area contributed by atoms with E-state index >= 15 is 0 Å². The van der Waals surface area contributed by atoms with E-state index in [1.807, 2.05) is 43.3 Å². The fourth-order valence-electron chi connectivity index (χ4n) is 2.74. The van der Waals surface area contributed by atoms with E-state index in [9.17, 15) is 9.59 Å². The average molecular weight is 414 g/mol. The van der Waals surface area contributed by atoms with Crippen LogP contribution < -0.4 is 14.3 Å². The summed E-state index contributed by atoms with van der Waals surface area (Å²) in [4.78, 5) is 29.1. The predicted octanol–water partition coefficient (Wildman–Crippen LogP) is 3.17. The van der Waals surface area contributed by atoms with Gasteiger partial charge in [0.1, 0.15) is 23.6 Å². The molecule has 2 aromatic carbocycles. The summed E-state index contributed by atoms with van der Waals surface area (Å²) in [5.41, 5.74) is 0.711. The first-order chi connectivity index (χ1) is 14.1. The third-order valence-electron chi connectivity index (χ3n) is 3.88. The van der Waals surface area contributed by atoms with Crippen molar-refractivity contribution in [3.63, 3.8) is 0 Å². The topological polar surface area (TPSA) is 79.1 Å². The lowest BCUT2D eigenvalue weighted by Crippen LogP contribution is -2.24. The molecule has 3 aromatic rings. The molecule has 0 aliphatic heterocycles. The minimum atomic E-state index is -0.448. The Hall–Kier alpha value is -3.13. The van der Waals surface area contributed by atoms with Gasteiger partial charge in [-0.05, 0) is 38.1 Å². The van der Waals surface area contributed by atoms with Crippen molar-refractivity contribution >= 4 is 33.4 Å². The largest absolute Gasteiger partial charge is 0.492 e. The van der Waals surface area contributed by atoms with Crippen molar-refractivity contribution < 1.29 is 23.8 Å². The van der Waals surface area contributed by atoms with Crippen molar-refractivity contribution in [1.82, 2.24) is 4.57 Å². The molecule has 0 N–H and O–H groups in total. The normalized spacial score (nSPS) is 11.4. The van der Waals surface area contributed by atoms with Crippen LogP contribution in [0.25, 0.3) is 10.2 Å². The summed E-state index contributed by atoms with van der Waals surface area (Å²) < 4.78 is 18.8. The number of rotatable bonds is 8. The van der Waals surface area contributed by atoms with Crippen molar-refractivity contribution in [2.24, 2.45) is 4.99 Å². The SMILES string of the molecule is CCOC(=O)Cn1c(=NC(=O)COc2ccccc2)sc2cccc(OCC)c21. The highest BCUT2D eigenvalue weighted by atomic mass is 32.1. The second-order valence-electron chi connectivity index (χ2n) is 5.92. The summed E-state index contributed by atoms with van der Waals surface area (Å²) in [5, 5.41) is 0. The minimum Gasteiger partial charge on any atom is -0.492 e. The predicted molar refractivity (Wildman–Crippen MR) is 110 cm³/mol. The van der Waals surface area contributed by atoms with E-state index in [0.717, 1.165) is 4.70 Å². The van der Waals surface area contributed by atoms with E-state index < -0.39 is 11.9 Å². The van der Waals surface area contributed by atoms with Gasteiger partial charge in [0.2, 0.25) is 0 Å². The molecule has 0 unspecified atom stereocenters. The summed E-state index contributed by atoms with van der Waals surface area (Å²) in [5.74, 6) is 0.356. The van der Waals surface area contributed by atoms with Crippen LogP contribution in [0.1, 0.15) is 13.8 Å². The lowest BCUT2D eigenvalue weighted by atomic mass is 10.3. The second kappa shape index (κ2) is 9.88. The number of amides is 1. The number of thiazole rings is 1. The smallest absolute Gasteiger partial charge is 0.326 e. The van der Waals surface area contributed by atoms with E-state index in [2.05, 4.69) is 4.99 Å². The van der Waals surface area contributed by atoms with Crippen LogP contribution in [0.3, 0.4) is 0 Å². The Morgan fingerprint density at radius 3 is 2.52 bits per heavy atom. The van der Waals surface area contributed by atoms with Gasteiger partial charge < -0.3 is 18.8 Å². The van der Waals surface area contributed by atoms with E-state index in [-0.39, 0.29) is 19.8 Å². The molecule has 0 aliphatic rings. The van der Waals surface area contributed by atoms with Crippen LogP contribution in [0, 0.1) is 0 Å². The lowest BCUT2D eigenvalue weighted by Gasteiger charge is -2.09. The molecule has 7 nitrogen and oxygen atoms in total. The van der Waals surface area contributed by atoms with Gasteiger partial charge in [-0.3, -0.25) is 9.59 Å². The molecule has 1 amide bonds. The van der Waals surface area contributed by atoms with Gasteiger partial charge in [0.25, 0.3) is 5.91 Å². The number of hydrogen-bond donors (Lipinski definition) is 0. The standard InChI is InChI=1S/C21H22N2O5S/c1-3-26-16-11-8-12-17-20(16)23(13-19(25)27-4-2)21(29-17)22-18(24)14-28-15-9-6-5-7-10-15/h5-12H,3-4,13-14H2,1-2H3. The number of carbonyl (C=O) groups excluding carboxylic acids is 2. The Labute approximate surface area is 172 Å². The molecule has 0 radical (unpaired) electrons. The van der Waals surface area contributed by atoms with Gasteiger partial charge in [0.05, 0.1) is 17.9 Å². The summed E-state index contributed by atoms with van der Waals surface area (Å²) in [6.45, 7) is 4.12. The maximum Gasteiger partial charge on any atom is 0.326 e. The van der Waals surface area contributed by atoms with Crippen LogP contribution in [0.2, 0.25) is 0 Å². The highest BCUT2D eigenvalue weighted by molar-refractivity contribution is 7.16. The lowest BCUT2D eigenvalue weighted by molar-refractivity contribution is -0.143. The van der Waals surface area contributed by atoms with Gasteiger partial charge in [-0.1, -0.05) is 35.6 Å². The first kappa shape index (κ1) is 20.6. The van der Waals surface area contributed by atoms with E-state index in [4.69, 9.17) is 14.2 Å². The Morgan fingerprint density at radius 1 is 1.00 bits per heavy atom. The van der Waals surface area contributed by atoms with Crippen LogP contribution >= 0.6 is 11.3 Å². The summed E-state index contributed by atoms with van der Waals surface area (Å²) >= 11 is 1.31. The number of carbonyl (C=O) groups is 2. The maximum absolute atomic E-state index is 12.4. The fraction of sp³-hybridized carbons (Fsp3) is 0.286. The molecule has 1 heterocycles. The number of para-hydroxylation sites is 2. The van der Waals surface area contributed by atoms with E-state index in [1.165, 1.54) is 11.3 Å². The number of hydrogen-bond acceptors (Lipinski definition) is 6. The summed E-state index contributed by atoms with van der Waals surface area (Å²) in [6.07, 6.45) is 0. The summed E-state index contributed by atoms with van der Waals surface area (Å²) in [6, 6.07) is 14.6. The highest BCUT2D eigenvalue weighted by Gasteiger charge is 2.16. The number of benzene rings is 2. The van der Waals surface area contributed by atoms with Crippen molar-refractivity contribution in [1.29, 1.82) is 0 Å². The number of ether oxygens (including phenoxy) is 3. The molecule has 0 spiro atoms. The van der Waals surface area contributed by atoms with Gasteiger partial charge >= 0.3 is 5.97 Å². The molecule has 0 atom stereocenters. The molecule has 0 fully saturated rings. The Morgan fingerprint density at radius 2 is 1.79 bits per heavy atom. The molecule has 8 heteroatoms. The fourth-order valence-corrected chi connectivity index (χ4v) is 3.80. The monoisotopic (exact) mass is 414 g/mol. The Kier molecular flexibility index (Phi) is 7.02. The van der Waals surface area contributed by atoms with Gasteiger partial charge in [-0.25, -0.2) is 0 Å². The zero-order valence-electron chi connectivity index (χ0n) is 16.3. The maximum atomic E-state index is 12.4. The third-order valence-corrected chi connectivity index (χ3v) is 4.93. The van der Waals surface area contributed by atoms with Crippen LogP contribution in [0.5, 0.6) is 11.5 Å². The van der Waals surface area contributed by atoms with Crippen LogP contribution in [-0.4, -0.2) is 36.3 Å². The zero-order chi connectivity index (χ0) is 20.6. The van der Waals surface area contributed by atoms with Crippen molar-refractivity contribution in [2.45, 2.75) is 20.4 Å². The van der Waals surface area contributed by atoms with Gasteiger partial charge in [0.15, 0.2) is 11.4 Å². The third kappa shape index (κ3) is 5.23. The Bertz CT molecular complexity index is 1060. The van der Waals surface area contributed by atoms with Crippen molar-refractivity contribution in [2.75, 3.05) is 19.8 Å². The van der Waals surface area contributed by atoms with Gasteiger partial charge in [-0.2, -0.15) is 4.99 Å².